The summed E-state index contributed by atoms with van der Waals surface area (Å²) in [6, 6.07) is 15.8. The van der Waals surface area contributed by atoms with Crippen molar-refractivity contribution < 1.29 is 9.53 Å². The van der Waals surface area contributed by atoms with Crippen LogP contribution >= 0.6 is 0 Å². The van der Waals surface area contributed by atoms with Gasteiger partial charge in [0.2, 0.25) is 5.91 Å². The van der Waals surface area contributed by atoms with Crippen LogP contribution in [0.1, 0.15) is 23.7 Å². The van der Waals surface area contributed by atoms with Crippen LogP contribution in [-0.2, 0) is 16.0 Å². The molecule has 0 spiro atoms. The maximum atomic E-state index is 12.4. The summed E-state index contributed by atoms with van der Waals surface area (Å²) in [4.78, 5) is 19.7. The number of nitrogens with zero attached hydrogens (tertiary/aromatic N) is 1. The Morgan fingerprint density at radius 2 is 2.04 bits per heavy atom. The number of anilines is 1. The minimum Gasteiger partial charge on any atom is -0.373 e. The molecule has 2 heterocycles. The first-order valence-corrected chi connectivity index (χ1v) is 8.39. The van der Waals surface area contributed by atoms with Crippen molar-refractivity contribution >= 4 is 11.6 Å². The first kappa shape index (κ1) is 15.6. The summed E-state index contributed by atoms with van der Waals surface area (Å²) in [6.07, 6.45) is 4.55. The molecule has 4 rings (SSSR count). The Labute approximate surface area is 146 Å². The number of fused-ring (bicyclic) bond motifs is 1. The van der Waals surface area contributed by atoms with Crippen molar-refractivity contribution in [3.8, 4) is 11.4 Å². The van der Waals surface area contributed by atoms with Crippen LogP contribution in [-0.4, -0.2) is 22.5 Å². The quantitative estimate of drug-likeness (QED) is 0.765. The number of carbonyl (C=O) groups excluding carboxylic acids is 1. The molecule has 1 unspecified atom stereocenters. The molecular formula is C20H19N3O2. The maximum absolute atomic E-state index is 12.4. The fourth-order valence-electron chi connectivity index (χ4n) is 3.16. The predicted molar refractivity (Wildman–Crippen MR) is 96.1 cm³/mol. The summed E-state index contributed by atoms with van der Waals surface area (Å²) >= 11 is 0. The fourth-order valence-corrected chi connectivity index (χ4v) is 3.16. The fraction of sp³-hybridized carbons (Fsp3) is 0.200. The van der Waals surface area contributed by atoms with E-state index in [1.165, 1.54) is 5.56 Å². The molecule has 0 radical (unpaired) electrons. The van der Waals surface area contributed by atoms with Gasteiger partial charge in [0.15, 0.2) is 0 Å². The van der Waals surface area contributed by atoms with E-state index < -0.39 is 0 Å². The number of aromatic nitrogens is 2. The second kappa shape index (κ2) is 6.91. The zero-order chi connectivity index (χ0) is 17.1. The molecule has 0 aliphatic carbocycles. The van der Waals surface area contributed by atoms with E-state index in [4.69, 9.17) is 4.74 Å². The first-order valence-electron chi connectivity index (χ1n) is 8.39. The number of carbonyl (C=O) groups is 1. The number of ether oxygens (including phenoxy) is 1. The molecule has 1 atom stereocenters. The summed E-state index contributed by atoms with van der Waals surface area (Å²) in [6.45, 7) is 0.660. The molecular weight excluding hydrogens is 314 g/mol. The lowest BCUT2D eigenvalue weighted by Crippen LogP contribution is -2.22. The van der Waals surface area contributed by atoms with Gasteiger partial charge in [-0.05, 0) is 41.8 Å². The lowest BCUT2D eigenvalue weighted by molar-refractivity contribution is -0.119. The summed E-state index contributed by atoms with van der Waals surface area (Å²) in [5.74, 6) is 0.762. The predicted octanol–water partition coefficient (Wildman–Crippen LogP) is 3.72. The molecule has 1 aliphatic rings. The number of amides is 1. The highest BCUT2D eigenvalue weighted by molar-refractivity contribution is 5.91. The summed E-state index contributed by atoms with van der Waals surface area (Å²) in [5, 5.41) is 2.94. The van der Waals surface area contributed by atoms with E-state index in [1.807, 2.05) is 42.5 Å². The third-order valence-electron chi connectivity index (χ3n) is 4.40. The Bertz CT molecular complexity index is 857. The van der Waals surface area contributed by atoms with Gasteiger partial charge in [0, 0.05) is 23.6 Å². The van der Waals surface area contributed by atoms with Crippen molar-refractivity contribution in [2.24, 2.45) is 0 Å². The number of imidazole rings is 1. The smallest absolute Gasteiger partial charge is 0.227 e. The normalized spacial score (nSPS) is 16.2. The van der Waals surface area contributed by atoms with Crippen molar-refractivity contribution in [3.63, 3.8) is 0 Å². The van der Waals surface area contributed by atoms with Crippen LogP contribution in [0.2, 0.25) is 0 Å². The molecule has 5 heteroatoms. The molecule has 3 aromatic rings. The number of benzene rings is 2. The average molecular weight is 333 g/mol. The number of nitrogens with one attached hydrogen (secondary N) is 2. The van der Waals surface area contributed by atoms with Crippen LogP contribution in [0.4, 0.5) is 5.69 Å². The molecule has 0 fully saturated rings. The van der Waals surface area contributed by atoms with Gasteiger partial charge in [-0.3, -0.25) is 4.79 Å². The van der Waals surface area contributed by atoms with Gasteiger partial charge in [-0.15, -0.1) is 0 Å². The monoisotopic (exact) mass is 333 g/mol. The molecule has 1 aliphatic heterocycles. The Hall–Kier alpha value is -2.92. The highest BCUT2D eigenvalue weighted by Crippen LogP contribution is 2.29. The molecule has 0 saturated heterocycles. The highest BCUT2D eigenvalue weighted by Gasteiger charge is 2.23. The SMILES string of the molecule is O=C(CC1OCCc2ccccc21)Nc1ccc(-c2ncc[nH]2)cc1. The molecule has 0 bridgehead atoms. The van der Waals surface area contributed by atoms with E-state index in [1.54, 1.807) is 12.4 Å². The molecule has 5 nitrogen and oxygen atoms in total. The standard InChI is InChI=1S/C20H19N3O2/c24-19(13-18-17-4-2-1-3-14(17)9-12-25-18)23-16-7-5-15(6-8-16)20-21-10-11-22-20/h1-8,10-11,18H,9,12-13H2,(H,21,22)(H,23,24). The van der Waals surface area contributed by atoms with Gasteiger partial charge in [-0.25, -0.2) is 4.98 Å². The minimum atomic E-state index is -0.174. The summed E-state index contributed by atoms with van der Waals surface area (Å²) in [5.41, 5.74) is 4.14. The van der Waals surface area contributed by atoms with Crippen molar-refractivity contribution in [2.75, 3.05) is 11.9 Å². The zero-order valence-corrected chi connectivity index (χ0v) is 13.7. The van der Waals surface area contributed by atoms with E-state index in [0.29, 0.717) is 13.0 Å². The molecule has 1 aromatic heterocycles. The lowest BCUT2D eigenvalue weighted by Gasteiger charge is -2.25. The zero-order valence-electron chi connectivity index (χ0n) is 13.7. The number of H-pyrrole nitrogens is 1. The number of aromatic amines is 1. The lowest BCUT2D eigenvalue weighted by atomic mass is 9.95. The molecule has 1 amide bonds. The highest BCUT2D eigenvalue weighted by atomic mass is 16.5. The van der Waals surface area contributed by atoms with E-state index in [9.17, 15) is 4.79 Å². The third-order valence-corrected chi connectivity index (χ3v) is 4.40. The Morgan fingerprint density at radius 3 is 2.84 bits per heavy atom. The van der Waals surface area contributed by atoms with Crippen LogP contribution in [0.3, 0.4) is 0 Å². The minimum absolute atomic E-state index is 0.0487. The Morgan fingerprint density at radius 1 is 1.20 bits per heavy atom. The van der Waals surface area contributed by atoms with Gasteiger partial charge in [0.05, 0.1) is 19.1 Å². The summed E-state index contributed by atoms with van der Waals surface area (Å²) in [7, 11) is 0. The number of hydrogen-bond donors (Lipinski definition) is 2. The van der Waals surface area contributed by atoms with E-state index in [-0.39, 0.29) is 12.0 Å². The van der Waals surface area contributed by atoms with Crippen LogP contribution in [0.15, 0.2) is 60.9 Å². The van der Waals surface area contributed by atoms with Crippen molar-refractivity contribution in [2.45, 2.75) is 18.9 Å². The van der Waals surface area contributed by atoms with Gasteiger partial charge >= 0.3 is 0 Å². The molecule has 126 valence electrons. The van der Waals surface area contributed by atoms with Crippen LogP contribution in [0.25, 0.3) is 11.4 Å². The van der Waals surface area contributed by atoms with E-state index >= 15 is 0 Å². The Balaban J connectivity index is 1.41. The van der Waals surface area contributed by atoms with E-state index in [0.717, 1.165) is 29.1 Å². The van der Waals surface area contributed by atoms with Gasteiger partial charge in [-0.2, -0.15) is 0 Å². The van der Waals surface area contributed by atoms with Gasteiger partial charge in [0.25, 0.3) is 0 Å². The maximum Gasteiger partial charge on any atom is 0.227 e. The second-order valence-corrected chi connectivity index (χ2v) is 6.08. The Kier molecular flexibility index (Phi) is 4.31. The largest absolute Gasteiger partial charge is 0.373 e. The third kappa shape index (κ3) is 3.46. The van der Waals surface area contributed by atoms with Crippen molar-refractivity contribution in [3.05, 3.63) is 72.1 Å². The molecule has 2 N–H and O–H groups in total. The van der Waals surface area contributed by atoms with Crippen LogP contribution < -0.4 is 5.32 Å². The molecule has 25 heavy (non-hydrogen) atoms. The second-order valence-electron chi connectivity index (χ2n) is 6.08. The molecule has 2 aromatic carbocycles. The van der Waals surface area contributed by atoms with Gasteiger partial charge < -0.3 is 15.0 Å². The van der Waals surface area contributed by atoms with Crippen LogP contribution in [0, 0.1) is 0 Å². The first-order chi connectivity index (χ1) is 12.3. The molecule has 0 saturated carbocycles. The van der Waals surface area contributed by atoms with Gasteiger partial charge in [-0.1, -0.05) is 24.3 Å². The average Bonchev–Trinajstić information content (AvgIpc) is 3.17. The number of rotatable bonds is 4. The van der Waals surface area contributed by atoms with Crippen molar-refractivity contribution in [1.82, 2.24) is 9.97 Å². The van der Waals surface area contributed by atoms with Crippen molar-refractivity contribution in [1.29, 1.82) is 0 Å². The number of hydrogen-bond acceptors (Lipinski definition) is 3. The topological polar surface area (TPSA) is 67.0 Å². The van der Waals surface area contributed by atoms with Crippen LogP contribution in [0.5, 0.6) is 0 Å². The van der Waals surface area contributed by atoms with E-state index in [2.05, 4.69) is 21.4 Å². The van der Waals surface area contributed by atoms with Gasteiger partial charge in [0.1, 0.15) is 5.82 Å². The summed E-state index contributed by atoms with van der Waals surface area (Å²) < 4.78 is 5.81.